The molecule has 1 heterocycles. The number of primary sulfonamides is 1. The number of methoxy groups -OCH3 is 1. The van der Waals surface area contributed by atoms with Gasteiger partial charge in [-0.3, -0.25) is 0 Å². The fraction of sp³-hybridized carbons (Fsp3) is 0.200. The molecular formula is C25H27N5O3S. The summed E-state index contributed by atoms with van der Waals surface area (Å²) in [4.78, 5) is 11.5. The molecule has 176 valence electrons. The Bertz CT molecular complexity index is 1390. The number of anilines is 3. The number of hydrogen-bond donors (Lipinski definition) is 2. The normalized spacial score (nSPS) is 11.5. The average molecular weight is 478 g/mol. The largest absolute Gasteiger partial charge is 0.383 e. The van der Waals surface area contributed by atoms with Gasteiger partial charge in [-0.2, -0.15) is 0 Å². The van der Waals surface area contributed by atoms with Gasteiger partial charge in [0, 0.05) is 43.2 Å². The van der Waals surface area contributed by atoms with Gasteiger partial charge in [-0.05, 0) is 48.4 Å². The predicted molar refractivity (Wildman–Crippen MR) is 135 cm³/mol. The highest BCUT2D eigenvalue weighted by molar-refractivity contribution is 7.89. The van der Waals surface area contributed by atoms with Crippen LogP contribution in [0.3, 0.4) is 0 Å². The zero-order valence-electron chi connectivity index (χ0n) is 19.1. The highest BCUT2D eigenvalue weighted by atomic mass is 32.2. The second-order valence-electron chi connectivity index (χ2n) is 7.94. The van der Waals surface area contributed by atoms with Crippen LogP contribution < -0.4 is 15.4 Å². The zero-order chi connectivity index (χ0) is 24.1. The number of benzene rings is 3. The minimum absolute atomic E-state index is 0.0483. The molecule has 0 fully saturated rings. The van der Waals surface area contributed by atoms with Gasteiger partial charge in [-0.1, -0.05) is 36.4 Å². The Labute approximate surface area is 199 Å². The lowest BCUT2D eigenvalue weighted by Gasteiger charge is -2.26. The van der Waals surface area contributed by atoms with E-state index >= 15 is 0 Å². The van der Waals surface area contributed by atoms with Crippen LogP contribution in [-0.2, 0) is 21.3 Å². The van der Waals surface area contributed by atoms with E-state index in [1.165, 1.54) is 17.7 Å². The fourth-order valence-electron chi connectivity index (χ4n) is 3.77. The first-order valence-corrected chi connectivity index (χ1v) is 12.3. The summed E-state index contributed by atoms with van der Waals surface area (Å²) in [6, 6.07) is 20.5. The average Bonchev–Trinajstić information content (AvgIpc) is 2.82. The molecule has 0 amide bonds. The first-order chi connectivity index (χ1) is 16.3. The van der Waals surface area contributed by atoms with Gasteiger partial charge in [0.2, 0.25) is 16.0 Å². The molecule has 3 aromatic carbocycles. The SMILES string of the molecule is COCCN(Cc1cccc2cnc(Nc3ccc(S(N)(=O)=O)cc3)nc12)c1ccccc1C. The smallest absolute Gasteiger partial charge is 0.238 e. The standard InChI is InChI=1S/C25H27N5O3S/c1-18-6-3-4-9-23(18)30(14-15-33-2)17-20-8-5-7-19-16-27-25(29-24(19)20)28-21-10-12-22(13-11-21)34(26,31)32/h3-13,16H,14-15,17H2,1-2H3,(H2,26,31,32)(H,27,28,29). The van der Waals surface area contributed by atoms with Crippen LogP contribution in [0.4, 0.5) is 17.3 Å². The molecule has 0 aliphatic rings. The summed E-state index contributed by atoms with van der Waals surface area (Å²) >= 11 is 0. The molecule has 3 N–H and O–H groups in total. The van der Waals surface area contributed by atoms with Crippen molar-refractivity contribution < 1.29 is 13.2 Å². The maximum atomic E-state index is 11.5. The van der Waals surface area contributed by atoms with Gasteiger partial charge in [0.25, 0.3) is 0 Å². The number of aryl methyl sites for hydroxylation is 1. The van der Waals surface area contributed by atoms with E-state index in [0.29, 0.717) is 24.8 Å². The molecular weight excluding hydrogens is 450 g/mol. The first-order valence-electron chi connectivity index (χ1n) is 10.8. The van der Waals surface area contributed by atoms with E-state index in [1.54, 1.807) is 25.4 Å². The number of sulfonamides is 1. The molecule has 1 aromatic heterocycles. The van der Waals surface area contributed by atoms with Gasteiger partial charge in [0.1, 0.15) is 0 Å². The van der Waals surface area contributed by atoms with E-state index in [1.807, 2.05) is 24.3 Å². The predicted octanol–water partition coefficient (Wildman–Crippen LogP) is 3.98. The van der Waals surface area contributed by atoms with Crippen molar-refractivity contribution in [2.75, 3.05) is 30.5 Å². The number of hydrogen-bond acceptors (Lipinski definition) is 7. The lowest BCUT2D eigenvalue weighted by molar-refractivity contribution is 0.205. The third kappa shape index (κ3) is 5.51. The number of nitrogens with one attached hydrogen (secondary N) is 1. The number of nitrogens with two attached hydrogens (primary N) is 1. The lowest BCUT2D eigenvalue weighted by atomic mass is 10.1. The van der Waals surface area contributed by atoms with Crippen LogP contribution in [0.15, 0.2) is 77.8 Å². The maximum absolute atomic E-state index is 11.5. The Morgan fingerprint density at radius 3 is 2.50 bits per heavy atom. The minimum Gasteiger partial charge on any atom is -0.383 e. The molecule has 0 aliphatic heterocycles. The molecule has 9 heteroatoms. The molecule has 8 nitrogen and oxygen atoms in total. The summed E-state index contributed by atoms with van der Waals surface area (Å²) in [6.07, 6.45) is 1.78. The van der Waals surface area contributed by atoms with Gasteiger partial charge in [0.05, 0.1) is 17.0 Å². The van der Waals surface area contributed by atoms with Crippen LogP contribution in [0.1, 0.15) is 11.1 Å². The molecule has 4 rings (SSSR count). The van der Waals surface area contributed by atoms with Crippen molar-refractivity contribution in [2.45, 2.75) is 18.4 Å². The number of para-hydroxylation sites is 2. The summed E-state index contributed by atoms with van der Waals surface area (Å²) in [6.45, 7) is 4.11. The molecule has 0 aliphatic carbocycles. The molecule has 0 saturated carbocycles. The van der Waals surface area contributed by atoms with Crippen molar-refractivity contribution in [3.63, 3.8) is 0 Å². The Kier molecular flexibility index (Phi) is 7.06. The van der Waals surface area contributed by atoms with Crippen molar-refractivity contribution in [1.82, 2.24) is 9.97 Å². The summed E-state index contributed by atoms with van der Waals surface area (Å²) in [5.41, 5.74) is 4.91. The van der Waals surface area contributed by atoms with Crippen LogP contribution in [0.25, 0.3) is 10.9 Å². The van der Waals surface area contributed by atoms with Gasteiger partial charge in [-0.15, -0.1) is 0 Å². The monoisotopic (exact) mass is 477 g/mol. The van der Waals surface area contributed by atoms with E-state index in [9.17, 15) is 8.42 Å². The van der Waals surface area contributed by atoms with Crippen LogP contribution in [0.5, 0.6) is 0 Å². The Hall–Kier alpha value is -3.53. The van der Waals surface area contributed by atoms with Crippen molar-refractivity contribution in [3.05, 3.63) is 84.1 Å². The van der Waals surface area contributed by atoms with Crippen LogP contribution in [-0.4, -0.2) is 38.6 Å². The summed E-state index contributed by atoms with van der Waals surface area (Å²) in [7, 11) is -2.04. The lowest BCUT2D eigenvalue weighted by Crippen LogP contribution is -2.27. The molecule has 34 heavy (non-hydrogen) atoms. The number of aromatic nitrogens is 2. The van der Waals surface area contributed by atoms with Crippen molar-refractivity contribution in [2.24, 2.45) is 5.14 Å². The van der Waals surface area contributed by atoms with E-state index in [2.05, 4.69) is 40.3 Å². The Balaban J connectivity index is 1.64. The van der Waals surface area contributed by atoms with Crippen molar-refractivity contribution in [1.29, 1.82) is 0 Å². The van der Waals surface area contributed by atoms with Crippen LogP contribution >= 0.6 is 0 Å². The van der Waals surface area contributed by atoms with E-state index in [0.717, 1.165) is 28.7 Å². The molecule has 0 atom stereocenters. The van der Waals surface area contributed by atoms with Crippen LogP contribution in [0.2, 0.25) is 0 Å². The van der Waals surface area contributed by atoms with E-state index in [-0.39, 0.29) is 4.90 Å². The second-order valence-corrected chi connectivity index (χ2v) is 9.51. The van der Waals surface area contributed by atoms with E-state index < -0.39 is 10.0 Å². The summed E-state index contributed by atoms with van der Waals surface area (Å²) in [5.74, 6) is 0.419. The van der Waals surface area contributed by atoms with Gasteiger partial charge in [-0.25, -0.2) is 23.5 Å². The number of rotatable bonds is 9. The van der Waals surface area contributed by atoms with E-state index in [4.69, 9.17) is 14.9 Å². The van der Waals surface area contributed by atoms with Crippen molar-refractivity contribution >= 4 is 38.2 Å². The molecule has 0 saturated heterocycles. The van der Waals surface area contributed by atoms with Gasteiger partial charge in [0.15, 0.2) is 0 Å². The molecule has 0 radical (unpaired) electrons. The topological polar surface area (TPSA) is 110 Å². The summed E-state index contributed by atoms with van der Waals surface area (Å²) < 4.78 is 28.3. The first kappa shape index (κ1) is 23.6. The maximum Gasteiger partial charge on any atom is 0.238 e. The number of ether oxygens (including phenoxy) is 1. The molecule has 0 unspecified atom stereocenters. The Morgan fingerprint density at radius 2 is 1.79 bits per heavy atom. The second kappa shape index (κ2) is 10.2. The third-order valence-corrected chi connectivity index (χ3v) is 6.45. The fourth-order valence-corrected chi connectivity index (χ4v) is 4.29. The van der Waals surface area contributed by atoms with Gasteiger partial charge < -0.3 is 15.0 Å². The Morgan fingerprint density at radius 1 is 1.03 bits per heavy atom. The highest BCUT2D eigenvalue weighted by Gasteiger charge is 2.13. The highest BCUT2D eigenvalue weighted by Crippen LogP contribution is 2.25. The van der Waals surface area contributed by atoms with Crippen molar-refractivity contribution in [3.8, 4) is 0 Å². The van der Waals surface area contributed by atoms with Gasteiger partial charge >= 0.3 is 0 Å². The van der Waals surface area contributed by atoms with Crippen LogP contribution in [0, 0.1) is 6.92 Å². The quantitative estimate of drug-likeness (QED) is 0.375. The third-order valence-electron chi connectivity index (χ3n) is 5.52. The zero-order valence-corrected chi connectivity index (χ0v) is 19.9. The molecule has 0 spiro atoms. The number of fused-ring (bicyclic) bond motifs is 1. The number of nitrogens with zero attached hydrogens (tertiary/aromatic N) is 3. The molecule has 4 aromatic rings. The minimum atomic E-state index is -3.74. The summed E-state index contributed by atoms with van der Waals surface area (Å²) in [5, 5.41) is 9.25. The molecule has 0 bridgehead atoms.